The van der Waals surface area contributed by atoms with Crippen LogP contribution in [0.2, 0.25) is 0 Å². The van der Waals surface area contributed by atoms with Crippen molar-refractivity contribution in [3.05, 3.63) is 47.0 Å². The molecule has 1 saturated carbocycles. The Labute approximate surface area is 282 Å². The molecule has 1 aromatic rings. The van der Waals surface area contributed by atoms with Crippen LogP contribution in [0.25, 0.3) is 0 Å². The number of benzene rings is 1. The first-order chi connectivity index (χ1) is 23.0. The van der Waals surface area contributed by atoms with Crippen LogP contribution in [0.4, 0.5) is 22.8 Å². The summed E-state index contributed by atoms with van der Waals surface area (Å²) in [6, 6.07) is 1.54. The Morgan fingerprint density at radius 3 is 2.55 bits per heavy atom. The summed E-state index contributed by atoms with van der Waals surface area (Å²) in [5, 5.41) is 15.3. The Balaban J connectivity index is 1.38. The highest BCUT2D eigenvalue weighted by Crippen LogP contribution is 2.45. The number of carboxylic acids is 1. The van der Waals surface area contributed by atoms with E-state index in [1.54, 1.807) is 32.9 Å². The van der Waals surface area contributed by atoms with E-state index < -0.39 is 77.0 Å². The number of ether oxygens (including phenoxy) is 2. The Morgan fingerprint density at radius 1 is 1.10 bits per heavy atom. The van der Waals surface area contributed by atoms with Crippen molar-refractivity contribution >= 4 is 30.0 Å². The van der Waals surface area contributed by atoms with Crippen LogP contribution in [0.5, 0.6) is 0 Å². The van der Waals surface area contributed by atoms with Gasteiger partial charge in [0.05, 0.1) is 12.1 Å². The Hall–Kier alpha value is -4.30. The van der Waals surface area contributed by atoms with E-state index in [9.17, 15) is 42.3 Å². The number of allylic oxidation sites excluding steroid dienone is 1. The van der Waals surface area contributed by atoms with E-state index in [2.05, 4.69) is 10.6 Å². The van der Waals surface area contributed by atoms with E-state index in [1.165, 1.54) is 11.0 Å². The molecule has 49 heavy (non-hydrogen) atoms. The summed E-state index contributed by atoms with van der Waals surface area (Å²) in [7, 11) is 0. The first-order valence-corrected chi connectivity index (χ1v) is 16.6. The largest absolute Gasteiger partial charge is 0.479 e. The molecule has 0 bridgehead atoms. The highest BCUT2D eigenvalue weighted by molar-refractivity contribution is 5.96. The van der Waals surface area contributed by atoms with Gasteiger partial charge in [0, 0.05) is 25.4 Å². The van der Waals surface area contributed by atoms with Crippen molar-refractivity contribution < 1.29 is 51.7 Å². The zero-order chi connectivity index (χ0) is 35.7. The number of amides is 4. The summed E-state index contributed by atoms with van der Waals surface area (Å²) in [6.07, 6.45) is -0.603. The highest BCUT2D eigenvalue weighted by Gasteiger charge is 2.61. The van der Waals surface area contributed by atoms with Crippen LogP contribution >= 0.6 is 0 Å². The Bertz CT molecular complexity index is 1510. The lowest BCUT2D eigenvalue weighted by atomic mass is 9.95. The molecule has 3 aliphatic heterocycles. The molecule has 0 radical (unpaired) electrons. The molecule has 2 fully saturated rings. The van der Waals surface area contributed by atoms with E-state index in [4.69, 9.17) is 9.47 Å². The molecule has 0 spiro atoms. The highest BCUT2D eigenvalue weighted by atomic mass is 19.4. The van der Waals surface area contributed by atoms with Gasteiger partial charge in [-0.15, -0.1) is 0 Å². The van der Waals surface area contributed by atoms with Crippen LogP contribution in [-0.2, 0) is 43.0 Å². The molecule has 15 heteroatoms. The van der Waals surface area contributed by atoms with E-state index in [0.29, 0.717) is 24.8 Å². The second kappa shape index (κ2) is 13.9. The van der Waals surface area contributed by atoms with E-state index in [-0.39, 0.29) is 50.9 Å². The van der Waals surface area contributed by atoms with Crippen molar-refractivity contribution in [3.8, 4) is 0 Å². The number of alkyl carbamates (subject to hydrolysis) is 1. The lowest BCUT2D eigenvalue weighted by Gasteiger charge is -2.31. The first-order valence-electron chi connectivity index (χ1n) is 16.6. The second-order valence-corrected chi connectivity index (χ2v) is 14.2. The number of hydrogen-bond donors (Lipinski definition) is 3. The van der Waals surface area contributed by atoms with Crippen molar-refractivity contribution in [2.45, 2.75) is 114 Å². The van der Waals surface area contributed by atoms with Crippen molar-refractivity contribution in [1.82, 2.24) is 20.4 Å². The van der Waals surface area contributed by atoms with Crippen molar-refractivity contribution in [1.29, 1.82) is 0 Å². The van der Waals surface area contributed by atoms with Gasteiger partial charge in [0.2, 0.25) is 11.8 Å². The fraction of sp³-hybridized carbons (Fsp3) is 0.618. The molecule has 3 heterocycles. The fourth-order valence-electron chi connectivity index (χ4n) is 6.82. The van der Waals surface area contributed by atoms with Crippen molar-refractivity contribution in [2.24, 2.45) is 5.92 Å². The number of carboxylic acid groups (broad SMARTS) is 1. The normalized spacial score (nSPS) is 28.4. The van der Waals surface area contributed by atoms with Gasteiger partial charge in [-0.05, 0) is 70.1 Å². The van der Waals surface area contributed by atoms with E-state index >= 15 is 0 Å². The van der Waals surface area contributed by atoms with Crippen molar-refractivity contribution in [2.75, 3.05) is 13.1 Å². The van der Waals surface area contributed by atoms with E-state index in [1.807, 2.05) is 6.08 Å². The number of fused-ring (bicyclic) bond motifs is 3. The predicted molar refractivity (Wildman–Crippen MR) is 168 cm³/mol. The molecule has 1 aromatic carbocycles. The molecule has 0 unspecified atom stereocenters. The average Bonchev–Trinajstić information content (AvgIpc) is 3.55. The number of carbonyl (C=O) groups excluding carboxylic acids is 4. The van der Waals surface area contributed by atoms with Crippen LogP contribution in [0.1, 0.15) is 82.4 Å². The van der Waals surface area contributed by atoms with Crippen LogP contribution in [-0.4, -0.2) is 87.3 Å². The van der Waals surface area contributed by atoms with Gasteiger partial charge in [-0.1, -0.05) is 37.1 Å². The summed E-state index contributed by atoms with van der Waals surface area (Å²) in [5.41, 5.74) is -2.77. The summed E-state index contributed by atoms with van der Waals surface area (Å²) in [6.45, 7) is 4.54. The molecule has 5 atom stereocenters. The maximum Gasteiger partial charge on any atom is 0.416 e. The van der Waals surface area contributed by atoms with Crippen molar-refractivity contribution in [3.63, 3.8) is 0 Å². The number of carbonyl (C=O) groups is 5. The topological polar surface area (TPSA) is 155 Å². The third-order valence-corrected chi connectivity index (χ3v) is 9.42. The maximum atomic E-state index is 14.1. The quantitative estimate of drug-likeness (QED) is 0.390. The number of nitrogens with one attached hydrogen (secondary N) is 2. The zero-order valence-corrected chi connectivity index (χ0v) is 27.8. The minimum Gasteiger partial charge on any atom is -0.479 e. The van der Waals surface area contributed by atoms with Gasteiger partial charge in [-0.25, -0.2) is 14.4 Å². The Kier molecular flexibility index (Phi) is 10.2. The summed E-state index contributed by atoms with van der Waals surface area (Å²) < 4.78 is 52.3. The van der Waals surface area contributed by atoms with Crippen LogP contribution in [0.15, 0.2) is 30.4 Å². The number of nitrogens with zero attached hydrogens (tertiary/aromatic N) is 2. The number of halogens is 3. The summed E-state index contributed by atoms with van der Waals surface area (Å²) in [5.74, 6) is -3.04. The molecule has 4 amide bonds. The molecule has 0 aromatic heterocycles. The van der Waals surface area contributed by atoms with Gasteiger partial charge < -0.3 is 35.0 Å². The molecule has 1 aliphatic carbocycles. The van der Waals surface area contributed by atoms with Gasteiger partial charge in [-0.3, -0.25) is 9.59 Å². The molecule has 1 saturated heterocycles. The standard InChI is InChI=1S/C34H43F3N4O8/c1-32(2,3)49-30(46)38-25-13-8-6-4-5-7-11-21-17-33(21,29(44)45)39-27(42)26-16-22(18-41(26)28(25)43)48-31(47)40-15-14-20-10-9-12-24(23(20)19-40)34(35,36)37/h7,9-12,21-22,25-26H,4-6,8,13-19H2,1-3H3,(H,38,46)(H,39,42)(H,44,45)/b11-7-/t21-,22+,25-,26-,33+/m0/s1. The monoisotopic (exact) mass is 692 g/mol. The molecular formula is C34H43F3N4O8. The van der Waals surface area contributed by atoms with Gasteiger partial charge in [0.25, 0.3) is 0 Å². The Morgan fingerprint density at radius 2 is 1.86 bits per heavy atom. The van der Waals surface area contributed by atoms with Gasteiger partial charge in [0.15, 0.2) is 0 Å². The van der Waals surface area contributed by atoms with Gasteiger partial charge >= 0.3 is 24.3 Å². The fourth-order valence-corrected chi connectivity index (χ4v) is 6.82. The second-order valence-electron chi connectivity index (χ2n) is 14.2. The predicted octanol–water partition coefficient (Wildman–Crippen LogP) is 4.54. The molecular weight excluding hydrogens is 649 g/mol. The SMILES string of the molecule is CC(C)(C)OC(=O)N[C@H]1CCCCC/C=C\[C@H]2C[C@@]2(C(=O)O)NC(=O)[C@@H]2C[C@@H](OC(=O)N3CCc4cccc(C(F)(F)F)c4C3)CN2C1=O. The van der Waals surface area contributed by atoms with Crippen LogP contribution in [0.3, 0.4) is 0 Å². The molecule has 4 aliphatic rings. The molecule has 5 rings (SSSR count). The molecule has 3 N–H and O–H groups in total. The van der Waals surface area contributed by atoms with E-state index in [0.717, 1.165) is 17.4 Å². The maximum absolute atomic E-state index is 14.1. The summed E-state index contributed by atoms with van der Waals surface area (Å²) in [4.78, 5) is 68.7. The average molecular weight is 693 g/mol. The van der Waals surface area contributed by atoms with Crippen LogP contribution < -0.4 is 10.6 Å². The van der Waals surface area contributed by atoms with Gasteiger partial charge in [0.1, 0.15) is 29.3 Å². The molecule has 268 valence electrons. The number of rotatable bonds is 3. The minimum absolute atomic E-state index is 0.0186. The van der Waals surface area contributed by atoms with Gasteiger partial charge in [-0.2, -0.15) is 13.2 Å². The number of alkyl halides is 3. The minimum atomic E-state index is -4.61. The lowest BCUT2D eigenvalue weighted by Crippen LogP contribution is -2.56. The summed E-state index contributed by atoms with van der Waals surface area (Å²) >= 11 is 0. The third kappa shape index (κ3) is 8.30. The smallest absolute Gasteiger partial charge is 0.416 e. The lowest BCUT2D eigenvalue weighted by molar-refractivity contribution is -0.145. The van der Waals surface area contributed by atoms with Crippen LogP contribution in [0, 0.1) is 5.92 Å². The third-order valence-electron chi connectivity index (χ3n) is 9.42. The number of hydrogen-bond acceptors (Lipinski definition) is 7. The number of aliphatic carboxylic acids is 1. The zero-order valence-electron chi connectivity index (χ0n) is 27.8. The first kappa shape index (κ1) is 36.0. The molecule has 12 nitrogen and oxygen atoms in total.